The Bertz CT molecular complexity index is 739. The third-order valence-electron chi connectivity index (χ3n) is 2.67. The van der Waals surface area contributed by atoms with Crippen molar-refractivity contribution in [2.45, 2.75) is 4.90 Å². The molecule has 0 aliphatic carbocycles. The molecule has 0 aromatic heterocycles. The second-order valence-corrected chi connectivity index (χ2v) is 7.43. The lowest BCUT2D eigenvalue weighted by molar-refractivity contribution is 0.102. The minimum Gasteiger partial charge on any atom is -0.293 e. The molecule has 0 spiro atoms. The van der Waals surface area contributed by atoms with Crippen LogP contribution in [0.15, 0.2) is 57.9 Å². The van der Waals surface area contributed by atoms with Crippen molar-refractivity contribution >= 4 is 43.2 Å². The Labute approximate surface area is 130 Å². The van der Waals surface area contributed by atoms with E-state index in [-0.39, 0.29) is 15.5 Å². The van der Waals surface area contributed by atoms with Gasteiger partial charge in [-0.25, -0.2) is 8.42 Å². The highest BCUT2D eigenvalue weighted by molar-refractivity contribution is 9.10. The van der Waals surface area contributed by atoms with Gasteiger partial charge in [-0.3, -0.25) is 4.79 Å². The normalized spacial score (nSPS) is 11.3. The SMILES string of the molecule is O=C(CS(=O)(=O)c1ccc(Br)cc1)c1ccccc1Cl. The van der Waals surface area contributed by atoms with Crippen molar-refractivity contribution in [1.29, 1.82) is 0 Å². The molecule has 0 bridgehead atoms. The monoisotopic (exact) mass is 372 g/mol. The highest BCUT2D eigenvalue weighted by atomic mass is 79.9. The summed E-state index contributed by atoms with van der Waals surface area (Å²) in [5.41, 5.74) is 0.217. The Morgan fingerprint density at radius 2 is 1.65 bits per heavy atom. The zero-order valence-electron chi connectivity index (χ0n) is 10.2. The summed E-state index contributed by atoms with van der Waals surface area (Å²) in [7, 11) is -3.67. The number of sulfone groups is 1. The fourth-order valence-electron chi connectivity index (χ4n) is 1.66. The van der Waals surface area contributed by atoms with Crippen molar-refractivity contribution in [3.8, 4) is 0 Å². The number of hydrogen-bond donors (Lipinski definition) is 0. The minimum absolute atomic E-state index is 0.112. The molecule has 0 saturated carbocycles. The number of Topliss-reactive ketones (excluding diaryl/α,β-unsaturated/α-hetero) is 1. The van der Waals surface area contributed by atoms with Gasteiger partial charge in [0.05, 0.1) is 9.92 Å². The van der Waals surface area contributed by atoms with Crippen LogP contribution in [0.4, 0.5) is 0 Å². The summed E-state index contributed by atoms with van der Waals surface area (Å²) in [5.74, 6) is -1.11. The quantitative estimate of drug-likeness (QED) is 0.767. The predicted octanol–water partition coefficient (Wildman–Crippen LogP) is 3.76. The molecule has 0 radical (unpaired) electrons. The number of carbonyl (C=O) groups excluding carboxylic acids is 1. The molecule has 2 aromatic carbocycles. The number of hydrogen-bond acceptors (Lipinski definition) is 3. The molecule has 20 heavy (non-hydrogen) atoms. The van der Waals surface area contributed by atoms with Crippen LogP contribution in [0.2, 0.25) is 5.02 Å². The van der Waals surface area contributed by atoms with Gasteiger partial charge in [-0.1, -0.05) is 39.7 Å². The molecule has 0 fully saturated rings. The van der Waals surface area contributed by atoms with E-state index >= 15 is 0 Å². The molecule has 0 heterocycles. The van der Waals surface area contributed by atoms with Crippen LogP contribution in [0.1, 0.15) is 10.4 Å². The molecule has 6 heteroatoms. The van der Waals surface area contributed by atoms with Crippen molar-refractivity contribution in [3.05, 3.63) is 63.6 Å². The average Bonchev–Trinajstić information content (AvgIpc) is 2.39. The maximum atomic E-state index is 12.2. The summed E-state index contributed by atoms with van der Waals surface area (Å²) in [4.78, 5) is 12.2. The topological polar surface area (TPSA) is 51.2 Å². The summed E-state index contributed by atoms with van der Waals surface area (Å²) >= 11 is 9.12. The first-order valence-electron chi connectivity index (χ1n) is 5.66. The zero-order chi connectivity index (χ0) is 14.8. The van der Waals surface area contributed by atoms with Crippen molar-refractivity contribution < 1.29 is 13.2 Å². The molecule has 3 nitrogen and oxygen atoms in total. The van der Waals surface area contributed by atoms with Crippen molar-refractivity contribution in [1.82, 2.24) is 0 Å². The maximum Gasteiger partial charge on any atom is 0.185 e. The van der Waals surface area contributed by atoms with Gasteiger partial charge in [0.2, 0.25) is 0 Å². The number of halogens is 2. The number of rotatable bonds is 4. The number of ketones is 1. The van der Waals surface area contributed by atoms with Crippen LogP contribution < -0.4 is 0 Å². The minimum atomic E-state index is -3.67. The molecular formula is C14H10BrClO3S. The van der Waals surface area contributed by atoms with Gasteiger partial charge >= 0.3 is 0 Å². The lowest BCUT2D eigenvalue weighted by Gasteiger charge is -2.05. The predicted molar refractivity (Wildman–Crippen MR) is 82.0 cm³/mol. The fourth-order valence-corrected chi connectivity index (χ4v) is 3.39. The van der Waals surface area contributed by atoms with Crippen LogP contribution in [-0.4, -0.2) is 20.0 Å². The average molecular weight is 374 g/mol. The van der Waals surface area contributed by atoms with Crippen LogP contribution in [0.5, 0.6) is 0 Å². The number of carbonyl (C=O) groups is 1. The van der Waals surface area contributed by atoms with Gasteiger partial charge in [0.25, 0.3) is 0 Å². The molecule has 0 atom stereocenters. The molecule has 104 valence electrons. The van der Waals surface area contributed by atoms with Crippen LogP contribution in [-0.2, 0) is 9.84 Å². The molecule has 2 rings (SSSR count). The molecule has 0 aliphatic heterocycles. The van der Waals surface area contributed by atoms with Crippen molar-refractivity contribution in [2.24, 2.45) is 0 Å². The lowest BCUT2D eigenvalue weighted by Crippen LogP contribution is -2.16. The molecular weight excluding hydrogens is 364 g/mol. The largest absolute Gasteiger partial charge is 0.293 e. The highest BCUT2D eigenvalue weighted by Gasteiger charge is 2.21. The standard InChI is InChI=1S/C14H10BrClO3S/c15-10-5-7-11(8-6-10)20(18,19)9-14(17)12-3-1-2-4-13(12)16/h1-8H,9H2. The smallest absolute Gasteiger partial charge is 0.185 e. The second-order valence-electron chi connectivity index (χ2n) is 4.12. The fraction of sp³-hybridized carbons (Fsp3) is 0.0714. The van der Waals surface area contributed by atoms with Gasteiger partial charge in [-0.15, -0.1) is 0 Å². The molecule has 2 aromatic rings. The van der Waals surface area contributed by atoms with E-state index in [1.165, 1.54) is 18.2 Å². The van der Waals surface area contributed by atoms with E-state index in [0.29, 0.717) is 0 Å². The molecule has 0 N–H and O–H groups in total. The van der Waals surface area contributed by atoms with Gasteiger partial charge < -0.3 is 0 Å². The van der Waals surface area contributed by atoms with Crippen LogP contribution in [0.25, 0.3) is 0 Å². The van der Waals surface area contributed by atoms with Crippen LogP contribution in [0, 0.1) is 0 Å². The summed E-state index contributed by atoms with van der Waals surface area (Å²) in [6.45, 7) is 0. The van der Waals surface area contributed by atoms with Crippen molar-refractivity contribution in [3.63, 3.8) is 0 Å². The summed E-state index contributed by atoms with van der Waals surface area (Å²) in [6.07, 6.45) is 0. The van der Waals surface area contributed by atoms with Gasteiger partial charge in [-0.2, -0.15) is 0 Å². The maximum absolute atomic E-state index is 12.2. The van der Waals surface area contributed by atoms with E-state index in [9.17, 15) is 13.2 Å². The Morgan fingerprint density at radius 1 is 1.05 bits per heavy atom. The van der Waals surface area contributed by atoms with Gasteiger partial charge in [-0.05, 0) is 36.4 Å². The van der Waals surface area contributed by atoms with E-state index in [0.717, 1.165) is 4.47 Å². The second kappa shape index (κ2) is 6.08. The van der Waals surface area contributed by atoms with E-state index in [2.05, 4.69) is 15.9 Å². The van der Waals surface area contributed by atoms with Gasteiger partial charge in [0.15, 0.2) is 15.6 Å². The van der Waals surface area contributed by atoms with E-state index in [1.54, 1.807) is 30.3 Å². The van der Waals surface area contributed by atoms with Gasteiger partial charge in [0, 0.05) is 10.0 Å². The first-order valence-corrected chi connectivity index (χ1v) is 8.48. The Hall–Kier alpha value is -1.17. The first-order chi connectivity index (χ1) is 9.40. The summed E-state index contributed by atoms with van der Waals surface area (Å²) in [6, 6.07) is 12.6. The van der Waals surface area contributed by atoms with E-state index < -0.39 is 21.4 Å². The molecule has 0 saturated heterocycles. The Kier molecular flexibility index (Phi) is 4.62. The van der Waals surface area contributed by atoms with Crippen molar-refractivity contribution in [2.75, 3.05) is 5.75 Å². The molecule has 0 amide bonds. The van der Waals surface area contributed by atoms with E-state index in [1.807, 2.05) is 0 Å². The highest BCUT2D eigenvalue weighted by Crippen LogP contribution is 2.20. The summed E-state index contributed by atoms with van der Waals surface area (Å²) < 4.78 is 25.1. The molecule has 0 aliphatic rings. The van der Waals surface area contributed by atoms with Gasteiger partial charge in [0.1, 0.15) is 5.75 Å². The summed E-state index contributed by atoms with van der Waals surface area (Å²) in [5, 5.41) is 0.253. The Morgan fingerprint density at radius 3 is 2.25 bits per heavy atom. The molecule has 0 unspecified atom stereocenters. The van der Waals surface area contributed by atoms with Crippen LogP contribution >= 0.6 is 27.5 Å². The third-order valence-corrected chi connectivity index (χ3v) is 5.16. The number of benzene rings is 2. The van der Waals surface area contributed by atoms with Crippen LogP contribution in [0.3, 0.4) is 0 Å². The van der Waals surface area contributed by atoms with E-state index in [4.69, 9.17) is 11.6 Å². The zero-order valence-corrected chi connectivity index (χ0v) is 13.4. The third kappa shape index (κ3) is 3.48. The Balaban J connectivity index is 2.27. The first kappa shape index (κ1) is 15.2. The lowest BCUT2D eigenvalue weighted by atomic mass is 10.1.